The van der Waals surface area contributed by atoms with Crippen molar-refractivity contribution in [2.24, 2.45) is 5.73 Å². The highest BCUT2D eigenvalue weighted by molar-refractivity contribution is 5.95. The van der Waals surface area contributed by atoms with Gasteiger partial charge < -0.3 is 30.5 Å². The van der Waals surface area contributed by atoms with Gasteiger partial charge in [0.2, 0.25) is 0 Å². The van der Waals surface area contributed by atoms with E-state index in [2.05, 4.69) is 5.32 Å². The largest absolute Gasteiger partial charge is 0.508 e. The molecule has 26 heavy (non-hydrogen) atoms. The maximum absolute atomic E-state index is 11.2. The molecule has 0 fully saturated rings. The number of hydrogen-bond donors (Lipinski definition) is 5. The number of ether oxygens (including phenoxy) is 2. The van der Waals surface area contributed by atoms with Crippen LogP contribution in [-0.2, 0) is 0 Å². The summed E-state index contributed by atoms with van der Waals surface area (Å²) in [6, 6.07) is 10.3. The highest BCUT2D eigenvalue weighted by Crippen LogP contribution is 2.22. The summed E-state index contributed by atoms with van der Waals surface area (Å²) in [6.45, 7) is 2.16. The Balaban J connectivity index is 1.85. The number of carbonyl (C=O) groups excluding carboxylic acids is 1. The van der Waals surface area contributed by atoms with Crippen LogP contribution in [0.3, 0.4) is 0 Å². The summed E-state index contributed by atoms with van der Waals surface area (Å²) < 4.78 is 11.1. The molecule has 2 atom stereocenters. The first-order valence-electron chi connectivity index (χ1n) is 7.99. The molecule has 0 spiro atoms. The Labute approximate surface area is 150 Å². The van der Waals surface area contributed by atoms with E-state index in [4.69, 9.17) is 15.2 Å². The minimum atomic E-state index is -0.793. The quantitative estimate of drug-likeness (QED) is 0.331. The molecule has 0 aliphatic rings. The summed E-state index contributed by atoms with van der Waals surface area (Å²) in [5, 5.41) is 31.6. The number of nitrogens with one attached hydrogen (secondary N) is 1. The number of carbonyl (C=O) groups is 1. The molecule has 0 saturated heterocycles. The van der Waals surface area contributed by atoms with Gasteiger partial charge in [0, 0.05) is 6.54 Å². The second kappa shape index (κ2) is 8.93. The lowest BCUT2D eigenvalue weighted by atomic mass is 10.2. The van der Waals surface area contributed by atoms with Gasteiger partial charge in [0.25, 0.3) is 5.91 Å². The Morgan fingerprint density at radius 1 is 1.15 bits per heavy atom. The van der Waals surface area contributed by atoms with Gasteiger partial charge in [-0.2, -0.15) is 0 Å². The van der Waals surface area contributed by atoms with E-state index in [1.165, 1.54) is 30.3 Å². The number of hydrogen-bond acceptors (Lipinski definition) is 7. The maximum Gasteiger partial charge on any atom is 0.252 e. The van der Waals surface area contributed by atoms with Gasteiger partial charge in [-0.25, -0.2) is 0 Å². The number of rotatable bonds is 9. The van der Waals surface area contributed by atoms with Gasteiger partial charge in [-0.3, -0.25) is 10.1 Å². The molecule has 2 aromatic carbocycles. The predicted octanol–water partition coefficient (Wildman–Crippen LogP) is 0.951. The number of benzene rings is 2. The highest BCUT2D eigenvalue weighted by Gasteiger charge is 2.16. The van der Waals surface area contributed by atoms with Crippen molar-refractivity contribution < 1.29 is 29.6 Å². The first-order valence-corrected chi connectivity index (χ1v) is 7.99. The third kappa shape index (κ3) is 5.54. The molecular weight excluding hydrogens is 340 g/mol. The molecule has 2 unspecified atom stereocenters. The Bertz CT molecular complexity index is 733. The van der Waals surface area contributed by atoms with Gasteiger partial charge in [-0.15, -0.1) is 0 Å². The van der Waals surface area contributed by atoms with E-state index < -0.39 is 18.2 Å². The van der Waals surface area contributed by atoms with Crippen molar-refractivity contribution >= 4 is 5.91 Å². The molecule has 0 aliphatic carbocycles. The zero-order valence-corrected chi connectivity index (χ0v) is 14.3. The van der Waals surface area contributed by atoms with Crippen molar-refractivity contribution in [2.45, 2.75) is 19.3 Å². The first-order chi connectivity index (χ1) is 12.4. The summed E-state index contributed by atoms with van der Waals surface area (Å²) in [7, 11) is 0. The number of aromatic hydroxyl groups is 2. The summed E-state index contributed by atoms with van der Waals surface area (Å²) >= 11 is 0. The molecular formula is C18H22N2O6. The standard InChI is InChI=1S/C18H22N2O6/c1-11(21)18(26-13-4-2-12(22)3-5-13)20-8-9-25-14-6-7-16(23)15(10-14)17(19)24/h2-7,10-11,18,20-23H,8-9H2,1H3,(H2,19,24). The van der Waals surface area contributed by atoms with Crippen LogP contribution in [0.15, 0.2) is 42.5 Å². The lowest BCUT2D eigenvalue weighted by molar-refractivity contribution is 0.0251. The lowest BCUT2D eigenvalue weighted by Crippen LogP contribution is -2.44. The number of phenolic OH excluding ortho intramolecular Hbond substituents is 1. The fraction of sp³-hybridized carbons (Fsp3) is 0.278. The van der Waals surface area contributed by atoms with Crippen LogP contribution in [0.2, 0.25) is 0 Å². The van der Waals surface area contributed by atoms with E-state index in [0.717, 1.165) is 0 Å². The Morgan fingerprint density at radius 2 is 1.81 bits per heavy atom. The van der Waals surface area contributed by atoms with E-state index in [-0.39, 0.29) is 23.7 Å². The van der Waals surface area contributed by atoms with Crippen LogP contribution in [0.1, 0.15) is 17.3 Å². The summed E-state index contributed by atoms with van der Waals surface area (Å²) in [6.07, 6.45) is -1.47. The zero-order chi connectivity index (χ0) is 19.1. The molecule has 0 saturated carbocycles. The minimum absolute atomic E-state index is 0.0204. The van der Waals surface area contributed by atoms with Gasteiger partial charge >= 0.3 is 0 Å². The van der Waals surface area contributed by atoms with Crippen molar-refractivity contribution in [1.29, 1.82) is 0 Å². The van der Waals surface area contributed by atoms with Crippen LogP contribution >= 0.6 is 0 Å². The normalized spacial score (nSPS) is 13.0. The highest BCUT2D eigenvalue weighted by atomic mass is 16.5. The second-order valence-corrected chi connectivity index (χ2v) is 5.62. The maximum atomic E-state index is 11.2. The number of aliphatic hydroxyl groups is 1. The molecule has 140 valence electrons. The molecule has 1 amide bonds. The Kier molecular flexibility index (Phi) is 6.65. The van der Waals surface area contributed by atoms with Crippen molar-refractivity contribution in [3.63, 3.8) is 0 Å². The van der Waals surface area contributed by atoms with Crippen LogP contribution in [0.5, 0.6) is 23.0 Å². The molecule has 8 heteroatoms. The summed E-state index contributed by atoms with van der Waals surface area (Å²) in [5.74, 6) is 0.0386. The summed E-state index contributed by atoms with van der Waals surface area (Å²) in [5.41, 5.74) is 5.15. The number of aliphatic hydroxyl groups excluding tert-OH is 1. The van der Waals surface area contributed by atoms with Gasteiger partial charge in [-0.05, 0) is 49.4 Å². The van der Waals surface area contributed by atoms with Crippen LogP contribution in [0, 0.1) is 0 Å². The molecule has 0 radical (unpaired) electrons. The molecule has 2 rings (SSSR count). The van der Waals surface area contributed by atoms with Crippen molar-refractivity contribution in [3.8, 4) is 23.0 Å². The minimum Gasteiger partial charge on any atom is -0.508 e. The second-order valence-electron chi connectivity index (χ2n) is 5.62. The monoisotopic (exact) mass is 362 g/mol. The summed E-state index contributed by atoms with van der Waals surface area (Å²) in [4.78, 5) is 11.2. The molecule has 0 aromatic heterocycles. The van der Waals surface area contributed by atoms with Crippen LogP contribution < -0.4 is 20.5 Å². The number of amides is 1. The van der Waals surface area contributed by atoms with E-state index in [1.807, 2.05) is 0 Å². The topological polar surface area (TPSA) is 134 Å². The third-order valence-electron chi connectivity index (χ3n) is 3.49. The molecule has 8 nitrogen and oxygen atoms in total. The fourth-order valence-corrected chi connectivity index (χ4v) is 2.15. The predicted molar refractivity (Wildman–Crippen MR) is 94.3 cm³/mol. The zero-order valence-electron chi connectivity index (χ0n) is 14.3. The number of primary amides is 1. The molecule has 0 bridgehead atoms. The van der Waals surface area contributed by atoms with E-state index in [1.54, 1.807) is 19.1 Å². The van der Waals surface area contributed by atoms with Gasteiger partial charge in [0.1, 0.15) is 35.7 Å². The van der Waals surface area contributed by atoms with Crippen molar-refractivity contribution in [1.82, 2.24) is 5.32 Å². The number of nitrogens with two attached hydrogens (primary N) is 1. The van der Waals surface area contributed by atoms with Gasteiger partial charge in [-0.1, -0.05) is 0 Å². The van der Waals surface area contributed by atoms with Crippen LogP contribution in [0.4, 0.5) is 0 Å². The third-order valence-corrected chi connectivity index (χ3v) is 3.49. The molecule has 2 aromatic rings. The average molecular weight is 362 g/mol. The van der Waals surface area contributed by atoms with E-state index in [0.29, 0.717) is 18.0 Å². The van der Waals surface area contributed by atoms with Gasteiger partial charge in [0.15, 0.2) is 6.23 Å². The van der Waals surface area contributed by atoms with Crippen molar-refractivity contribution in [3.05, 3.63) is 48.0 Å². The lowest BCUT2D eigenvalue weighted by Gasteiger charge is -2.23. The molecule has 0 heterocycles. The Morgan fingerprint density at radius 3 is 2.42 bits per heavy atom. The smallest absolute Gasteiger partial charge is 0.252 e. The fourth-order valence-electron chi connectivity index (χ4n) is 2.15. The number of phenols is 2. The van der Waals surface area contributed by atoms with Crippen molar-refractivity contribution in [2.75, 3.05) is 13.2 Å². The van der Waals surface area contributed by atoms with Crippen LogP contribution in [0.25, 0.3) is 0 Å². The van der Waals surface area contributed by atoms with Crippen LogP contribution in [-0.4, -0.2) is 46.7 Å². The molecule has 0 aliphatic heterocycles. The Hall–Kier alpha value is -2.97. The van der Waals surface area contributed by atoms with E-state index >= 15 is 0 Å². The average Bonchev–Trinajstić information content (AvgIpc) is 2.60. The van der Waals surface area contributed by atoms with E-state index in [9.17, 15) is 20.1 Å². The molecule has 6 N–H and O–H groups in total. The first kappa shape index (κ1) is 19.4. The van der Waals surface area contributed by atoms with Gasteiger partial charge in [0.05, 0.1) is 5.56 Å². The SMILES string of the molecule is CC(O)C(NCCOc1ccc(O)c(C(N)=O)c1)Oc1ccc(O)cc1.